The molecule has 202 valence electrons. The van der Waals surface area contributed by atoms with Gasteiger partial charge < -0.3 is 20.4 Å². The number of nitrogens with zero attached hydrogens (tertiary/aromatic N) is 3. The van der Waals surface area contributed by atoms with E-state index in [2.05, 4.69) is 21.6 Å². The van der Waals surface area contributed by atoms with E-state index < -0.39 is 35.0 Å². The van der Waals surface area contributed by atoms with Crippen molar-refractivity contribution in [3.05, 3.63) is 82.8 Å². The molecular weight excluding hydrogens is 519 g/mol. The van der Waals surface area contributed by atoms with E-state index in [0.29, 0.717) is 45.4 Å². The predicted molar refractivity (Wildman–Crippen MR) is 138 cm³/mol. The average molecular weight is 548 g/mol. The second kappa shape index (κ2) is 12.3. The van der Waals surface area contributed by atoms with Gasteiger partial charge in [-0.25, -0.2) is 18.0 Å². The molecule has 7 nitrogen and oxygen atoms in total. The molecule has 4 rings (SSSR count). The molecule has 1 unspecified atom stereocenters. The van der Waals surface area contributed by atoms with Crippen molar-refractivity contribution in [2.75, 3.05) is 33.2 Å². The Kier molecular flexibility index (Phi) is 9.41. The van der Waals surface area contributed by atoms with Gasteiger partial charge in [-0.15, -0.1) is 12.4 Å². The number of nitriles is 1. The summed E-state index contributed by atoms with van der Waals surface area (Å²) in [7, 11) is 1.49. The number of amides is 3. The Labute approximate surface area is 225 Å². The van der Waals surface area contributed by atoms with Gasteiger partial charge in [-0.3, -0.25) is 4.79 Å². The number of carbonyl (C=O) groups excluding carboxylic acids is 2. The first-order valence-corrected chi connectivity index (χ1v) is 12.1. The number of nitrogens with one attached hydrogen (secondary N) is 2. The SMILES string of the molecule is CN1C=C(C(=O)NCCCN2CCC(C#N)(c3ccc(F)cc3)CC2)C(c2ccc(F)c(F)c2)NC1=O.Cl. The van der Waals surface area contributed by atoms with E-state index in [4.69, 9.17) is 0 Å². The number of rotatable bonds is 7. The van der Waals surface area contributed by atoms with Crippen LogP contribution in [0.1, 0.15) is 36.4 Å². The maximum atomic E-state index is 13.8. The smallest absolute Gasteiger partial charge is 0.321 e. The highest BCUT2D eigenvalue weighted by molar-refractivity contribution is 5.97. The first-order valence-electron chi connectivity index (χ1n) is 12.1. The summed E-state index contributed by atoms with van der Waals surface area (Å²) in [6.45, 7) is 2.50. The summed E-state index contributed by atoms with van der Waals surface area (Å²) in [5.74, 6) is -2.82. The topological polar surface area (TPSA) is 88.5 Å². The van der Waals surface area contributed by atoms with Gasteiger partial charge in [0.15, 0.2) is 11.6 Å². The highest BCUT2D eigenvalue weighted by Gasteiger charge is 2.36. The third kappa shape index (κ3) is 6.29. The Morgan fingerprint density at radius 2 is 1.82 bits per heavy atom. The zero-order valence-electron chi connectivity index (χ0n) is 20.8. The maximum Gasteiger partial charge on any atom is 0.321 e. The minimum absolute atomic E-state index is 0. The third-order valence-corrected chi connectivity index (χ3v) is 7.03. The molecule has 1 fully saturated rings. The normalized spacial score (nSPS) is 19.0. The molecule has 2 aromatic carbocycles. The summed E-state index contributed by atoms with van der Waals surface area (Å²) in [6, 6.07) is 10.4. The number of likely N-dealkylation sites (tertiary alicyclic amines) is 1. The van der Waals surface area contributed by atoms with Gasteiger partial charge in [0, 0.05) is 19.8 Å². The third-order valence-electron chi connectivity index (χ3n) is 7.03. The number of halogens is 4. The molecule has 0 saturated carbocycles. The highest BCUT2D eigenvalue weighted by Crippen LogP contribution is 2.35. The number of piperidine rings is 1. The molecule has 2 N–H and O–H groups in total. The molecule has 0 spiro atoms. The van der Waals surface area contributed by atoms with Crippen molar-refractivity contribution < 1.29 is 22.8 Å². The van der Waals surface area contributed by atoms with Gasteiger partial charge in [0.1, 0.15) is 5.82 Å². The van der Waals surface area contributed by atoms with Crippen LogP contribution in [0.5, 0.6) is 0 Å². The van der Waals surface area contributed by atoms with E-state index in [1.165, 1.54) is 36.3 Å². The molecule has 38 heavy (non-hydrogen) atoms. The van der Waals surface area contributed by atoms with Crippen LogP contribution in [0.3, 0.4) is 0 Å². The van der Waals surface area contributed by atoms with Gasteiger partial charge in [0.05, 0.1) is 23.1 Å². The predicted octanol–water partition coefficient (Wildman–Crippen LogP) is 4.17. The van der Waals surface area contributed by atoms with Crippen molar-refractivity contribution in [3.63, 3.8) is 0 Å². The van der Waals surface area contributed by atoms with E-state index in [1.54, 1.807) is 12.1 Å². The molecule has 0 radical (unpaired) electrons. The van der Waals surface area contributed by atoms with Crippen LogP contribution in [-0.4, -0.2) is 55.0 Å². The van der Waals surface area contributed by atoms with Crippen LogP contribution < -0.4 is 10.6 Å². The van der Waals surface area contributed by atoms with E-state index in [9.17, 15) is 28.0 Å². The average Bonchev–Trinajstić information content (AvgIpc) is 2.90. The second-order valence-corrected chi connectivity index (χ2v) is 9.40. The first-order chi connectivity index (χ1) is 17.7. The Bertz CT molecular complexity index is 1240. The van der Waals surface area contributed by atoms with Crippen molar-refractivity contribution in [2.24, 2.45) is 0 Å². The van der Waals surface area contributed by atoms with Crippen LogP contribution in [-0.2, 0) is 10.2 Å². The fourth-order valence-corrected chi connectivity index (χ4v) is 4.79. The minimum Gasteiger partial charge on any atom is -0.352 e. The Hall–Kier alpha value is -3.55. The summed E-state index contributed by atoms with van der Waals surface area (Å²) in [5.41, 5.74) is 0.676. The fraction of sp³-hybridized carbons (Fsp3) is 0.370. The van der Waals surface area contributed by atoms with Crippen LogP contribution in [0.2, 0.25) is 0 Å². The van der Waals surface area contributed by atoms with Gasteiger partial charge >= 0.3 is 6.03 Å². The molecule has 2 aromatic rings. The molecule has 11 heteroatoms. The monoisotopic (exact) mass is 547 g/mol. The molecule has 1 atom stereocenters. The molecule has 0 aromatic heterocycles. The van der Waals surface area contributed by atoms with Gasteiger partial charge in [-0.1, -0.05) is 18.2 Å². The van der Waals surface area contributed by atoms with Crippen molar-refractivity contribution in [1.29, 1.82) is 5.26 Å². The molecule has 0 bridgehead atoms. The highest BCUT2D eigenvalue weighted by atomic mass is 35.5. The lowest BCUT2D eigenvalue weighted by atomic mass is 9.74. The van der Waals surface area contributed by atoms with Crippen molar-refractivity contribution >= 4 is 24.3 Å². The summed E-state index contributed by atoms with van der Waals surface area (Å²) < 4.78 is 40.5. The van der Waals surface area contributed by atoms with Crippen LogP contribution in [0, 0.1) is 28.8 Å². The van der Waals surface area contributed by atoms with Crippen LogP contribution in [0.25, 0.3) is 0 Å². The van der Waals surface area contributed by atoms with Gasteiger partial charge in [0.2, 0.25) is 0 Å². The summed E-state index contributed by atoms with van der Waals surface area (Å²) in [6.07, 6.45) is 3.32. The first kappa shape index (κ1) is 29.0. The largest absolute Gasteiger partial charge is 0.352 e. The standard InChI is InChI=1S/C27H28F3N5O2.ClH/c1-34-16-21(24(33-26(34)37)18-3-8-22(29)23(30)15-18)25(36)32-11-2-12-35-13-9-27(17-31,10-14-35)19-4-6-20(28)7-5-19;/h3-8,15-16,24H,2,9-14H2,1H3,(H,32,36)(H,33,37);1H. The van der Waals surface area contributed by atoms with Crippen LogP contribution in [0.4, 0.5) is 18.0 Å². The van der Waals surface area contributed by atoms with Crippen molar-refractivity contribution in [3.8, 4) is 6.07 Å². The minimum atomic E-state index is -1.06. The maximum absolute atomic E-state index is 13.8. The lowest BCUT2D eigenvalue weighted by molar-refractivity contribution is -0.118. The summed E-state index contributed by atoms with van der Waals surface area (Å²) >= 11 is 0. The van der Waals surface area contributed by atoms with Crippen molar-refractivity contribution in [1.82, 2.24) is 20.4 Å². The number of benzene rings is 2. The van der Waals surface area contributed by atoms with Crippen molar-refractivity contribution in [2.45, 2.75) is 30.7 Å². The van der Waals surface area contributed by atoms with Gasteiger partial charge in [-0.2, -0.15) is 5.26 Å². The number of urea groups is 1. The van der Waals surface area contributed by atoms with Gasteiger partial charge in [-0.05, 0) is 74.3 Å². The Balaban J connectivity index is 0.00000400. The van der Waals surface area contributed by atoms with E-state index >= 15 is 0 Å². The van der Waals surface area contributed by atoms with E-state index in [0.717, 1.165) is 17.7 Å². The van der Waals surface area contributed by atoms with Crippen LogP contribution >= 0.6 is 12.4 Å². The van der Waals surface area contributed by atoms with E-state index in [-0.39, 0.29) is 29.4 Å². The second-order valence-electron chi connectivity index (χ2n) is 9.40. The molecule has 0 aliphatic carbocycles. The Morgan fingerprint density at radius 3 is 2.45 bits per heavy atom. The quantitative estimate of drug-likeness (QED) is 0.509. The summed E-state index contributed by atoms with van der Waals surface area (Å²) in [4.78, 5) is 28.5. The molecule has 1 saturated heterocycles. The molecular formula is C27H29ClF3N5O2. The zero-order chi connectivity index (χ0) is 26.6. The lowest BCUT2D eigenvalue weighted by Crippen LogP contribution is -2.46. The van der Waals surface area contributed by atoms with Gasteiger partial charge in [0.25, 0.3) is 5.91 Å². The summed E-state index contributed by atoms with van der Waals surface area (Å²) in [5, 5.41) is 15.3. The Morgan fingerprint density at radius 1 is 1.13 bits per heavy atom. The zero-order valence-corrected chi connectivity index (χ0v) is 21.7. The molecule has 2 aliphatic rings. The van der Waals surface area contributed by atoms with Crippen LogP contribution in [0.15, 0.2) is 54.2 Å². The molecule has 2 heterocycles. The number of hydrogen-bond donors (Lipinski definition) is 2. The fourth-order valence-electron chi connectivity index (χ4n) is 4.79. The lowest BCUT2D eigenvalue weighted by Gasteiger charge is -2.37. The number of carbonyl (C=O) groups is 2. The molecule has 3 amide bonds. The van der Waals surface area contributed by atoms with E-state index in [1.807, 2.05) is 0 Å². The molecule has 2 aliphatic heterocycles. The number of hydrogen-bond acceptors (Lipinski definition) is 4.